The lowest BCUT2D eigenvalue weighted by Gasteiger charge is -2.34. The van der Waals surface area contributed by atoms with E-state index in [1.807, 2.05) is 35.2 Å². The molecule has 1 amide bonds. The van der Waals surface area contributed by atoms with E-state index in [9.17, 15) is 4.79 Å². The number of nitrogens with two attached hydrogens (primary N) is 1. The predicted octanol–water partition coefficient (Wildman–Crippen LogP) is 1.57. The van der Waals surface area contributed by atoms with Crippen LogP contribution in [0.3, 0.4) is 0 Å². The summed E-state index contributed by atoms with van der Waals surface area (Å²) in [5.74, 6) is 0.139. The number of nitrogen functional groups attached to an aromatic ring is 1. The molecule has 0 bridgehead atoms. The summed E-state index contributed by atoms with van der Waals surface area (Å²) in [6, 6.07) is 9.80. The molecular formula is C14H16N4OS. The molecule has 0 saturated carbocycles. The Morgan fingerprint density at radius 3 is 2.70 bits per heavy atom. The van der Waals surface area contributed by atoms with Crippen molar-refractivity contribution in [3.05, 3.63) is 41.4 Å². The SMILES string of the molecule is Nc1ncc(CN2CCN(c3ccccc3)C(=O)C2)s1. The Labute approximate surface area is 121 Å². The van der Waals surface area contributed by atoms with E-state index in [4.69, 9.17) is 5.73 Å². The van der Waals surface area contributed by atoms with Crippen molar-refractivity contribution in [2.45, 2.75) is 6.54 Å². The van der Waals surface area contributed by atoms with Gasteiger partial charge in [-0.15, -0.1) is 11.3 Å². The van der Waals surface area contributed by atoms with E-state index in [2.05, 4.69) is 9.88 Å². The second kappa shape index (κ2) is 5.60. The maximum atomic E-state index is 12.2. The summed E-state index contributed by atoms with van der Waals surface area (Å²) in [6.07, 6.45) is 1.79. The van der Waals surface area contributed by atoms with Crippen LogP contribution in [0.25, 0.3) is 0 Å². The Hall–Kier alpha value is -1.92. The van der Waals surface area contributed by atoms with Crippen molar-refractivity contribution < 1.29 is 4.79 Å². The van der Waals surface area contributed by atoms with Crippen LogP contribution in [0.1, 0.15) is 4.88 Å². The molecule has 2 N–H and O–H groups in total. The van der Waals surface area contributed by atoms with Crippen LogP contribution in [0.5, 0.6) is 0 Å². The first-order chi connectivity index (χ1) is 9.72. The number of carbonyl (C=O) groups excluding carboxylic acids is 1. The molecule has 0 atom stereocenters. The molecule has 0 spiro atoms. The fourth-order valence-corrected chi connectivity index (χ4v) is 3.08. The number of rotatable bonds is 3. The van der Waals surface area contributed by atoms with Crippen LogP contribution in [-0.2, 0) is 11.3 Å². The maximum absolute atomic E-state index is 12.2. The zero-order valence-electron chi connectivity index (χ0n) is 11.0. The van der Waals surface area contributed by atoms with E-state index in [1.165, 1.54) is 11.3 Å². The van der Waals surface area contributed by atoms with E-state index in [1.54, 1.807) is 6.20 Å². The normalized spacial score (nSPS) is 16.6. The standard InChI is InChI=1S/C14H16N4OS/c15-14-16-8-12(20-14)9-17-6-7-18(13(19)10-17)11-4-2-1-3-5-11/h1-5,8H,6-7,9-10H2,(H2,15,16). The first-order valence-corrected chi connectivity index (χ1v) is 7.32. The van der Waals surface area contributed by atoms with E-state index >= 15 is 0 Å². The van der Waals surface area contributed by atoms with Gasteiger partial charge in [0, 0.05) is 36.4 Å². The highest BCUT2D eigenvalue weighted by Crippen LogP contribution is 2.20. The molecule has 2 heterocycles. The minimum atomic E-state index is 0.139. The number of para-hydroxylation sites is 1. The first-order valence-electron chi connectivity index (χ1n) is 6.50. The molecule has 0 unspecified atom stereocenters. The van der Waals surface area contributed by atoms with Gasteiger partial charge in [0.15, 0.2) is 5.13 Å². The largest absolute Gasteiger partial charge is 0.375 e. The van der Waals surface area contributed by atoms with Gasteiger partial charge in [0.05, 0.1) is 6.54 Å². The Morgan fingerprint density at radius 1 is 1.25 bits per heavy atom. The summed E-state index contributed by atoms with van der Waals surface area (Å²) in [5, 5.41) is 0.578. The minimum absolute atomic E-state index is 0.139. The van der Waals surface area contributed by atoms with Gasteiger partial charge < -0.3 is 10.6 Å². The summed E-state index contributed by atoms with van der Waals surface area (Å²) in [4.78, 5) is 21.4. The third-order valence-electron chi connectivity index (χ3n) is 3.32. The van der Waals surface area contributed by atoms with Gasteiger partial charge in [-0.05, 0) is 12.1 Å². The van der Waals surface area contributed by atoms with Crippen molar-refractivity contribution in [1.82, 2.24) is 9.88 Å². The third kappa shape index (κ3) is 2.81. The number of hydrogen-bond donors (Lipinski definition) is 1. The summed E-state index contributed by atoms with van der Waals surface area (Å²) >= 11 is 1.48. The number of carbonyl (C=O) groups is 1. The number of piperazine rings is 1. The number of anilines is 2. The maximum Gasteiger partial charge on any atom is 0.241 e. The Kier molecular flexibility index (Phi) is 3.66. The summed E-state index contributed by atoms with van der Waals surface area (Å²) in [5.41, 5.74) is 6.59. The van der Waals surface area contributed by atoms with Crippen LogP contribution in [0.2, 0.25) is 0 Å². The fourth-order valence-electron chi connectivity index (χ4n) is 2.35. The van der Waals surface area contributed by atoms with Crippen molar-refractivity contribution in [3.63, 3.8) is 0 Å². The highest BCUT2D eigenvalue weighted by Gasteiger charge is 2.25. The third-order valence-corrected chi connectivity index (χ3v) is 4.13. The van der Waals surface area contributed by atoms with E-state index in [0.29, 0.717) is 11.7 Å². The number of nitrogens with zero attached hydrogens (tertiary/aromatic N) is 3. The van der Waals surface area contributed by atoms with Crippen molar-refractivity contribution in [3.8, 4) is 0 Å². The molecule has 1 fully saturated rings. The number of thiazole rings is 1. The summed E-state index contributed by atoms with van der Waals surface area (Å²) in [7, 11) is 0. The van der Waals surface area contributed by atoms with Gasteiger partial charge in [0.1, 0.15) is 0 Å². The Bertz CT molecular complexity index is 598. The zero-order valence-corrected chi connectivity index (χ0v) is 11.8. The van der Waals surface area contributed by atoms with Crippen molar-refractivity contribution in [1.29, 1.82) is 0 Å². The fraction of sp³-hybridized carbons (Fsp3) is 0.286. The van der Waals surface area contributed by atoms with Gasteiger partial charge in [0.25, 0.3) is 0 Å². The van der Waals surface area contributed by atoms with Gasteiger partial charge in [-0.25, -0.2) is 4.98 Å². The molecular weight excluding hydrogens is 272 g/mol. The molecule has 20 heavy (non-hydrogen) atoms. The minimum Gasteiger partial charge on any atom is -0.375 e. The summed E-state index contributed by atoms with van der Waals surface area (Å²) in [6.45, 7) is 2.76. The highest BCUT2D eigenvalue weighted by atomic mass is 32.1. The lowest BCUT2D eigenvalue weighted by atomic mass is 10.2. The van der Waals surface area contributed by atoms with E-state index in [0.717, 1.165) is 30.2 Å². The molecule has 104 valence electrons. The molecule has 0 radical (unpaired) electrons. The zero-order chi connectivity index (χ0) is 13.9. The quantitative estimate of drug-likeness (QED) is 0.931. The Balaban J connectivity index is 1.64. The van der Waals surface area contributed by atoms with Crippen LogP contribution < -0.4 is 10.6 Å². The highest BCUT2D eigenvalue weighted by molar-refractivity contribution is 7.15. The number of benzene rings is 1. The van der Waals surface area contributed by atoms with Gasteiger partial charge in [-0.1, -0.05) is 18.2 Å². The Morgan fingerprint density at radius 2 is 2.05 bits per heavy atom. The van der Waals surface area contributed by atoms with Crippen molar-refractivity contribution in [2.75, 3.05) is 30.3 Å². The van der Waals surface area contributed by atoms with Gasteiger partial charge >= 0.3 is 0 Å². The monoisotopic (exact) mass is 288 g/mol. The summed E-state index contributed by atoms with van der Waals surface area (Å²) < 4.78 is 0. The van der Waals surface area contributed by atoms with Gasteiger partial charge in [-0.3, -0.25) is 9.69 Å². The smallest absolute Gasteiger partial charge is 0.241 e. The average Bonchev–Trinajstić information content (AvgIpc) is 2.85. The lowest BCUT2D eigenvalue weighted by molar-refractivity contribution is -0.121. The topological polar surface area (TPSA) is 62.5 Å². The molecule has 1 aliphatic rings. The second-order valence-electron chi connectivity index (χ2n) is 4.76. The van der Waals surface area contributed by atoms with Crippen LogP contribution in [0.4, 0.5) is 10.8 Å². The number of hydrogen-bond acceptors (Lipinski definition) is 5. The molecule has 5 nitrogen and oxygen atoms in total. The lowest BCUT2D eigenvalue weighted by Crippen LogP contribution is -2.50. The van der Waals surface area contributed by atoms with Gasteiger partial charge in [-0.2, -0.15) is 0 Å². The molecule has 1 aromatic heterocycles. The molecule has 0 aliphatic carbocycles. The van der Waals surface area contributed by atoms with E-state index < -0.39 is 0 Å². The molecule has 1 aliphatic heterocycles. The predicted molar refractivity (Wildman–Crippen MR) is 80.6 cm³/mol. The van der Waals surface area contributed by atoms with Crippen LogP contribution >= 0.6 is 11.3 Å². The first kappa shape index (κ1) is 13.1. The molecule has 1 saturated heterocycles. The van der Waals surface area contributed by atoms with Crippen molar-refractivity contribution in [2.24, 2.45) is 0 Å². The van der Waals surface area contributed by atoms with E-state index in [-0.39, 0.29) is 5.91 Å². The van der Waals surface area contributed by atoms with Crippen LogP contribution in [-0.4, -0.2) is 35.4 Å². The molecule has 2 aromatic rings. The number of aromatic nitrogens is 1. The molecule has 3 rings (SSSR count). The van der Waals surface area contributed by atoms with Crippen LogP contribution in [0.15, 0.2) is 36.5 Å². The molecule has 1 aromatic carbocycles. The average molecular weight is 288 g/mol. The van der Waals surface area contributed by atoms with Crippen LogP contribution in [0, 0.1) is 0 Å². The molecule has 6 heteroatoms. The van der Waals surface area contributed by atoms with Crippen molar-refractivity contribution >= 4 is 28.1 Å². The second-order valence-corrected chi connectivity index (χ2v) is 5.90. The van der Waals surface area contributed by atoms with Gasteiger partial charge in [0.2, 0.25) is 5.91 Å². The number of amides is 1.